The van der Waals surface area contributed by atoms with Crippen LogP contribution in [-0.2, 0) is 9.59 Å². The van der Waals surface area contributed by atoms with E-state index in [-0.39, 0.29) is 13.0 Å². The summed E-state index contributed by atoms with van der Waals surface area (Å²) in [5.74, 6) is -1.05. The molecular weight excluding hydrogens is 310 g/mol. The third-order valence-corrected chi connectivity index (χ3v) is 4.79. The Bertz CT molecular complexity index is 601. The Morgan fingerprint density at radius 2 is 1.75 bits per heavy atom. The zero-order valence-electron chi connectivity index (χ0n) is 13.6. The summed E-state index contributed by atoms with van der Waals surface area (Å²) in [4.78, 5) is 30.5. The molecule has 2 aliphatic heterocycles. The summed E-state index contributed by atoms with van der Waals surface area (Å²) in [5, 5.41) is 19.7. The topological polar surface area (TPSA) is 84.3 Å². The minimum absolute atomic E-state index is 0.0857. The van der Waals surface area contributed by atoms with Gasteiger partial charge in [-0.15, -0.1) is 0 Å². The van der Waals surface area contributed by atoms with Crippen LogP contribution < -0.4 is 4.90 Å². The predicted molar refractivity (Wildman–Crippen MR) is 88.5 cm³/mol. The average Bonchev–Trinajstić information content (AvgIpc) is 2.92. The number of carbonyl (C=O) groups is 2. The molecule has 7 nitrogen and oxygen atoms in total. The summed E-state index contributed by atoms with van der Waals surface area (Å²) in [6, 6.07) is 9.08. The van der Waals surface area contributed by atoms with Gasteiger partial charge in [-0.2, -0.15) is 0 Å². The lowest BCUT2D eigenvalue weighted by Crippen LogP contribution is -2.58. The number of nitrogens with zero attached hydrogens (tertiary/aromatic N) is 3. The first-order valence-electron chi connectivity index (χ1n) is 8.28. The minimum Gasteiger partial charge on any atom is -0.395 e. The Hall–Kier alpha value is -1.96. The lowest BCUT2D eigenvalue weighted by Gasteiger charge is -2.37. The van der Waals surface area contributed by atoms with Gasteiger partial charge in [-0.3, -0.25) is 14.5 Å². The van der Waals surface area contributed by atoms with E-state index in [1.54, 1.807) is 17.0 Å². The van der Waals surface area contributed by atoms with E-state index >= 15 is 0 Å². The van der Waals surface area contributed by atoms with Gasteiger partial charge in [0.25, 0.3) is 11.8 Å². The molecule has 1 atom stereocenters. The molecule has 1 aromatic carbocycles. The van der Waals surface area contributed by atoms with Crippen molar-refractivity contribution in [3.63, 3.8) is 0 Å². The molecule has 130 valence electrons. The van der Waals surface area contributed by atoms with Gasteiger partial charge in [-0.05, 0) is 12.1 Å². The molecule has 0 radical (unpaired) electrons. The number of carbonyl (C=O) groups excluding carboxylic acids is 2. The van der Waals surface area contributed by atoms with Gasteiger partial charge in [0.2, 0.25) is 5.60 Å². The van der Waals surface area contributed by atoms with Crippen molar-refractivity contribution in [2.45, 2.75) is 12.0 Å². The average molecular weight is 333 g/mol. The molecule has 0 bridgehead atoms. The number of aliphatic hydroxyl groups is 2. The van der Waals surface area contributed by atoms with E-state index in [9.17, 15) is 14.7 Å². The third-order valence-electron chi connectivity index (χ3n) is 4.79. The monoisotopic (exact) mass is 333 g/mol. The molecule has 2 amide bonds. The van der Waals surface area contributed by atoms with E-state index < -0.39 is 17.4 Å². The number of hydrogen-bond donors (Lipinski definition) is 2. The van der Waals surface area contributed by atoms with Crippen LogP contribution in [0.1, 0.15) is 6.42 Å². The van der Waals surface area contributed by atoms with E-state index in [1.807, 2.05) is 18.2 Å². The molecule has 1 aromatic rings. The largest absolute Gasteiger partial charge is 0.395 e. The van der Waals surface area contributed by atoms with E-state index in [0.717, 1.165) is 0 Å². The number of benzene rings is 1. The molecule has 0 aliphatic carbocycles. The summed E-state index contributed by atoms with van der Waals surface area (Å²) in [6.07, 6.45) is 0.108. The van der Waals surface area contributed by atoms with Crippen molar-refractivity contribution >= 4 is 17.5 Å². The van der Waals surface area contributed by atoms with Crippen LogP contribution >= 0.6 is 0 Å². The van der Waals surface area contributed by atoms with Gasteiger partial charge in [0.15, 0.2) is 0 Å². The van der Waals surface area contributed by atoms with Gasteiger partial charge < -0.3 is 20.0 Å². The van der Waals surface area contributed by atoms with Gasteiger partial charge >= 0.3 is 0 Å². The highest BCUT2D eigenvalue weighted by Crippen LogP contribution is 2.30. The maximum atomic E-state index is 12.7. The SMILES string of the molecule is O=C(N1CCN(CCO)CC1)C1(O)CCN(c2ccccc2)C1=O. The van der Waals surface area contributed by atoms with E-state index in [4.69, 9.17) is 5.11 Å². The second-order valence-corrected chi connectivity index (χ2v) is 6.26. The van der Waals surface area contributed by atoms with E-state index in [2.05, 4.69) is 4.90 Å². The molecule has 2 N–H and O–H groups in total. The molecule has 2 saturated heterocycles. The normalized spacial score (nSPS) is 25.3. The van der Waals surface area contributed by atoms with Crippen molar-refractivity contribution < 1.29 is 19.8 Å². The van der Waals surface area contributed by atoms with Gasteiger partial charge in [-0.1, -0.05) is 18.2 Å². The Labute approximate surface area is 141 Å². The fourth-order valence-corrected chi connectivity index (χ4v) is 3.34. The first-order valence-corrected chi connectivity index (χ1v) is 8.28. The van der Waals surface area contributed by atoms with Crippen molar-refractivity contribution in [2.75, 3.05) is 50.8 Å². The van der Waals surface area contributed by atoms with E-state index in [1.165, 1.54) is 4.90 Å². The Balaban J connectivity index is 1.68. The third kappa shape index (κ3) is 3.02. The van der Waals surface area contributed by atoms with Crippen molar-refractivity contribution in [2.24, 2.45) is 0 Å². The molecule has 3 rings (SSSR count). The van der Waals surface area contributed by atoms with Crippen LogP contribution in [0.25, 0.3) is 0 Å². The highest BCUT2D eigenvalue weighted by atomic mass is 16.3. The van der Waals surface area contributed by atoms with Gasteiger partial charge in [-0.25, -0.2) is 0 Å². The lowest BCUT2D eigenvalue weighted by atomic mass is 10.00. The number of β-amino-alcohol motifs (C(OH)–C–C–N with tert-alkyl or cyclic N) is 1. The molecular formula is C17H23N3O4. The number of anilines is 1. The number of para-hydroxylation sites is 1. The molecule has 7 heteroatoms. The molecule has 1 unspecified atom stereocenters. The number of amides is 2. The van der Waals surface area contributed by atoms with Crippen LogP contribution in [0.5, 0.6) is 0 Å². The maximum Gasteiger partial charge on any atom is 0.268 e. The highest BCUT2D eigenvalue weighted by molar-refractivity contribution is 6.16. The molecule has 0 saturated carbocycles. The Morgan fingerprint density at radius 3 is 2.38 bits per heavy atom. The van der Waals surface area contributed by atoms with Crippen LogP contribution in [-0.4, -0.2) is 83.3 Å². The van der Waals surface area contributed by atoms with E-state index in [0.29, 0.717) is 45.0 Å². The fraction of sp³-hybridized carbons (Fsp3) is 0.529. The summed E-state index contributed by atoms with van der Waals surface area (Å²) in [6.45, 7) is 3.18. The first-order chi connectivity index (χ1) is 11.6. The quantitative estimate of drug-likeness (QED) is 0.711. The minimum atomic E-state index is -1.96. The Kier molecular flexibility index (Phi) is 4.84. The van der Waals surface area contributed by atoms with Crippen LogP contribution in [0.2, 0.25) is 0 Å². The summed E-state index contributed by atoms with van der Waals surface area (Å²) in [5.41, 5.74) is -1.27. The second-order valence-electron chi connectivity index (χ2n) is 6.26. The predicted octanol–water partition coefficient (Wildman–Crippen LogP) is -0.709. The van der Waals surface area contributed by atoms with Gasteiger partial charge in [0.1, 0.15) is 0 Å². The zero-order chi connectivity index (χ0) is 17.2. The number of rotatable bonds is 4. The summed E-state index contributed by atoms with van der Waals surface area (Å²) >= 11 is 0. The molecule has 0 aromatic heterocycles. The summed E-state index contributed by atoms with van der Waals surface area (Å²) in [7, 11) is 0. The summed E-state index contributed by atoms with van der Waals surface area (Å²) < 4.78 is 0. The van der Waals surface area contributed by atoms with Gasteiger partial charge in [0, 0.05) is 51.4 Å². The van der Waals surface area contributed by atoms with Crippen LogP contribution in [0.4, 0.5) is 5.69 Å². The number of piperazine rings is 1. The molecule has 24 heavy (non-hydrogen) atoms. The number of aliphatic hydroxyl groups excluding tert-OH is 1. The second kappa shape index (κ2) is 6.88. The fourth-order valence-electron chi connectivity index (χ4n) is 3.34. The van der Waals surface area contributed by atoms with Crippen molar-refractivity contribution in [1.82, 2.24) is 9.80 Å². The molecule has 2 aliphatic rings. The van der Waals surface area contributed by atoms with Crippen LogP contribution in [0.15, 0.2) is 30.3 Å². The Morgan fingerprint density at radius 1 is 1.08 bits per heavy atom. The highest BCUT2D eigenvalue weighted by Gasteiger charge is 2.53. The molecule has 0 spiro atoms. The van der Waals surface area contributed by atoms with Gasteiger partial charge in [0.05, 0.1) is 6.61 Å². The first kappa shape index (κ1) is 16.9. The van der Waals surface area contributed by atoms with Crippen molar-refractivity contribution in [3.8, 4) is 0 Å². The maximum absolute atomic E-state index is 12.7. The van der Waals surface area contributed by atoms with Crippen molar-refractivity contribution in [3.05, 3.63) is 30.3 Å². The van der Waals surface area contributed by atoms with Crippen molar-refractivity contribution in [1.29, 1.82) is 0 Å². The van der Waals surface area contributed by atoms with Crippen LogP contribution in [0.3, 0.4) is 0 Å². The molecule has 2 heterocycles. The standard InChI is InChI=1S/C17H23N3O4/c21-13-12-18-8-10-19(11-9-18)15(22)17(24)6-7-20(16(17)23)14-4-2-1-3-5-14/h1-5,21,24H,6-13H2. The van der Waals surface area contributed by atoms with Crippen LogP contribution in [0, 0.1) is 0 Å². The molecule has 2 fully saturated rings. The lowest BCUT2D eigenvalue weighted by molar-refractivity contribution is -0.158. The smallest absolute Gasteiger partial charge is 0.268 e. The zero-order valence-corrected chi connectivity index (χ0v) is 13.6. The number of hydrogen-bond acceptors (Lipinski definition) is 5.